The van der Waals surface area contributed by atoms with E-state index < -0.39 is 0 Å². The molecule has 3 rings (SSSR count). The Balaban J connectivity index is 1.69. The predicted molar refractivity (Wildman–Crippen MR) is 93.1 cm³/mol. The lowest BCUT2D eigenvalue weighted by Gasteiger charge is -2.36. The minimum atomic E-state index is -0.356. The summed E-state index contributed by atoms with van der Waals surface area (Å²) in [6.45, 7) is 7.33. The molecule has 0 amide bonds. The van der Waals surface area contributed by atoms with Crippen molar-refractivity contribution in [2.75, 3.05) is 6.61 Å². The van der Waals surface area contributed by atoms with Crippen LogP contribution >= 0.6 is 0 Å². The summed E-state index contributed by atoms with van der Waals surface area (Å²) in [5.41, 5.74) is 1.15. The molecule has 138 valence electrons. The average molecular weight is 348 g/mol. The summed E-state index contributed by atoms with van der Waals surface area (Å²) < 4.78 is 12.5. The van der Waals surface area contributed by atoms with Gasteiger partial charge in [-0.1, -0.05) is 27.2 Å². The molecular formula is C19H28N2O4. The molecule has 1 saturated carbocycles. The first-order chi connectivity index (χ1) is 12.0. The van der Waals surface area contributed by atoms with Gasteiger partial charge in [0.05, 0.1) is 30.8 Å². The molecule has 0 bridgehead atoms. The summed E-state index contributed by atoms with van der Waals surface area (Å²) in [4.78, 5) is 29.2. The lowest BCUT2D eigenvalue weighted by Crippen LogP contribution is -2.38. The predicted octanol–water partition coefficient (Wildman–Crippen LogP) is 2.32. The first-order valence-corrected chi connectivity index (χ1v) is 9.30. The second kappa shape index (κ2) is 7.68. The van der Waals surface area contributed by atoms with Crippen LogP contribution in [0, 0.1) is 17.8 Å². The van der Waals surface area contributed by atoms with Crippen LogP contribution in [0.5, 0.6) is 0 Å². The largest absolute Gasteiger partial charge is 0.461 e. The Bertz CT molecular complexity index is 682. The van der Waals surface area contributed by atoms with E-state index in [2.05, 4.69) is 25.8 Å². The van der Waals surface area contributed by atoms with E-state index in [9.17, 15) is 9.59 Å². The molecule has 3 unspecified atom stereocenters. The molecule has 6 nitrogen and oxygen atoms in total. The Hall–Kier alpha value is -1.69. The van der Waals surface area contributed by atoms with Crippen LogP contribution in [-0.2, 0) is 33.8 Å². The van der Waals surface area contributed by atoms with Crippen LogP contribution in [0.15, 0.2) is 11.1 Å². The highest BCUT2D eigenvalue weighted by Gasteiger charge is 2.33. The van der Waals surface area contributed by atoms with Crippen molar-refractivity contribution in [2.24, 2.45) is 17.8 Å². The van der Waals surface area contributed by atoms with Gasteiger partial charge in [0, 0.05) is 6.42 Å². The maximum atomic E-state index is 12.5. The van der Waals surface area contributed by atoms with E-state index in [4.69, 9.17) is 9.47 Å². The number of nitrogens with zero attached hydrogens (tertiary/aromatic N) is 2. The van der Waals surface area contributed by atoms with Crippen molar-refractivity contribution in [1.29, 1.82) is 0 Å². The highest BCUT2D eigenvalue weighted by Crippen LogP contribution is 2.35. The minimum absolute atomic E-state index is 0.0547. The fraction of sp³-hybridized carbons (Fsp3) is 0.737. The fourth-order valence-electron chi connectivity index (χ4n) is 3.98. The molecule has 0 N–H and O–H groups in total. The van der Waals surface area contributed by atoms with E-state index in [1.165, 1.54) is 17.3 Å². The zero-order valence-electron chi connectivity index (χ0n) is 15.4. The lowest BCUT2D eigenvalue weighted by molar-refractivity contribution is -0.156. The van der Waals surface area contributed by atoms with Gasteiger partial charge in [-0.05, 0) is 30.6 Å². The van der Waals surface area contributed by atoms with Gasteiger partial charge in [0.15, 0.2) is 0 Å². The summed E-state index contributed by atoms with van der Waals surface area (Å²) in [6.07, 6.45) is 5.23. The number of rotatable bonds is 4. The molecule has 0 aromatic carbocycles. The van der Waals surface area contributed by atoms with Gasteiger partial charge in [-0.3, -0.25) is 14.2 Å². The van der Waals surface area contributed by atoms with Crippen LogP contribution in [0.2, 0.25) is 0 Å². The molecule has 1 aromatic rings. The molecule has 0 radical (unpaired) electrons. The molecule has 3 atom stereocenters. The van der Waals surface area contributed by atoms with Gasteiger partial charge in [-0.25, -0.2) is 4.98 Å². The summed E-state index contributed by atoms with van der Waals surface area (Å²) in [5, 5.41) is 0. The van der Waals surface area contributed by atoms with Gasteiger partial charge in [0.25, 0.3) is 5.56 Å². The standard InChI is InChI=1S/C19H28N2O4/c1-12(2)14-5-4-13(3)8-17(14)25-18(22)9-21-11-20-16-6-7-24-10-15(16)19(21)23/h11-14,17H,4-10H2,1-3H3. The van der Waals surface area contributed by atoms with Gasteiger partial charge in [-0.15, -0.1) is 0 Å². The molecule has 6 heteroatoms. The molecule has 1 fully saturated rings. The topological polar surface area (TPSA) is 70.4 Å². The molecule has 1 aliphatic heterocycles. The molecule has 0 spiro atoms. The van der Waals surface area contributed by atoms with Crippen molar-refractivity contribution in [1.82, 2.24) is 9.55 Å². The third-order valence-corrected chi connectivity index (χ3v) is 5.49. The number of carbonyl (C=O) groups is 1. The van der Waals surface area contributed by atoms with Crippen molar-refractivity contribution in [2.45, 2.75) is 65.7 Å². The molecule has 0 saturated heterocycles. The number of ether oxygens (including phenoxy) is 2. The summed E-state index contributed by atoms with van der Waals surface area (Å²) in [6, 6.07) is 0. The highest BCUT2D eigenvalue weighted by atomic mass is 16.5. The Kier molecular flexibility index (Phi) is 5.57. The summed E-state index contributed by atoms with van der Waals surface area (Å²) in [5.74, 6) is 1.09. The molecule has 25 heavy (non-hydrogen) atoms. The third-order valence-electron chi connectivity index (χ3n) is 5.49. The highest BCUT2D eigenvalue weighted by molar-refractivity contribution is 5.69. The first kappa shape index (κ1) is 18.1. The monoisotopic (exact) mass is 348 g/mol. The van der Waals surface area contributed by atoms with Crippen LogP contribution < -0.4 is 5.56 Å². The van der Waals surface area contributed by atoms with Gasteiger partial charge in [0.2, 0.25) is 0 Å². The SMILES string of the molecule is CC1CCC(C(C)C)C(OC(=O)Cn2cnc3c(c2=O)COCC3)C1. The van der Waals surface area contributed by atoms with Crippen LogP contribution in [0.3, 0.4) is 0 Å². The van der Waals surface area contributed by atoms with Gasteiger partial charge in [-0.2, -0.15) is 0 Å². The second-order valence-electron chi connectivity index (χ2n) is 7.76. The van der Waals surface area contributed by atoms with Crippen molar-refractivity contribution in [3.63, 3.8) is 0 Å². The number of aromatic nitrogens is 2. The normalized spacial score (nSPS) is 26.3. The van der Waals surface area contributed by atoms with Gasteiger partial charge < -0.3 is 9.47 Å². The number of hydrogen-bond donors (Lipinski definition) is 0. The first-order valence-electron chi connectivity index (χ1n) is 9.30. The number of esters is 1. The van der Waals surface area contributed by atoms with Crippen LogP contribution in [0.4, 0.5) is 0 Å². The summed E-state index contributed by atoms with van der Waals surface area (Å²) in [7, 11) is 0. The Labute approximate surface area is 148 Å². The van der Waals surface area contributed by atoms with Crippen molar-refractivity contribution in [3.05, 3.63) is 27.9 Å². The average Bonchev–Trinajstić information content (AvgIpc) is 2.57. The van der Waals surface area contributed by atoms with Crippen molar-refractivity contribution >= 4 is 5.97 Å². The molecule has 2 heterocycles. The Morgan fingerprint density at radius 3 is 3.00 bits per heavy atom. The summed E-state index contributed by atoms with van der Waals surface area (Å²) >= 11 is 0. The van der Waals surface area contributed by atoms with Gasteiger partial charge >= 0.3 is 5.97 Å². The maximum Gasteiger partial charge on any atom is 0.326 e. The molecule has 2 aliphatic rings. The minimum Gasteiger partial charge on any atom is -0.461 e. The molecule has 1 aromatic heterocycles. The zero-order chi connectivity index (χ0) is 18.0. The Morgan fingerprint density at radius 1 is 1.44 bits per heavy atom. The van der Waals surface area contributed by atoms with E-state index in [1.54, 1.807) is 0 Å². The van der Waals surface area contributed by atoms with E-state index in [1.807, 2.05) is 0 Å². The van der Waals surface area contributed by atoms with Crippen molar-refractivity contribution in [3.8, 4) is 0 Å². The van der Waals surface area contributed by atoms with Crippen molar-refractivity contribution < 1.29 is 14.3 Å². The van der Waals surface area contributed by atoms with Crippen LogP contribution in [0.1, 0.15) is 51.3 Å². The van der Waals surface area contributed by atoms with E-state index in [0.717, 1.165) is 18.5 Å². The fourth-order valence-corrected chi connectivity index (χ4v) is 3.98. The van der Waals surface area contributed by atoms with E-state index >= 15 is 0 Å². The van der Waals surface area contributed by atoms with E-state index in [0.29, 0.717) is 36.3 Å². The van der Waals surface area contributed by atoms with Gasteiger partial charge in [0.1, 0.15) is 12.6 Å². The number of carbonyl (C=O) groups excluding carboxylic acids is 1. The maximum absolute atomic E-state index is 12.5. The van der Waals surface area contributed by atoms with E-state index in [-0.39, 0.29) is 30.8 Å². The van der Waals surface area contributed by atoms with Crippen LogP contribution in [-0.4, -0.2) is 28.2 Å². The Morgan fingerprint density at radius 2 is 2.24 bits per heavy atom. The quantitative estimate of drug-likeness (QED) is 0.781. The molecule has 1 aliphatic carbocycles. The van der Waals surface area contributed by atoms with Crippen LogP contribution in [0.25, 0.3) is 0 Å². The number of fused-ring (bicyclic) bond motifs is 1. The zero-order valence-corrected chi connectivity index (χ0v) is 15.4. The lowest BCUT2D eigenvalue weighted by atomic mass is 9.75. The third kappa shape index (κ3) is 4.11. The smallest absolute Gasteiger partial charge is 0.326 e. The second-order valence-corrected chi connectivity index (χ2v) is 7.76. The molecular weight excluding hydrogens is 320 g/mol. The number of hydrogen-bond acceptors (Lipinski definition) is 5.